The van der Waals surface area contributed by atoms with Gasteiger partial charge in [0, 0.05) is 18.3 Å². The van der Waals surface area contributed by atoms with Gasteiger partial charge >= 0.3 is 5.97 Å². The van der Waals surface area contributed by atoms with E-state index in [4.69, 9.17) is 18.9 Å². The highest BCUT2D eigenvalue weighted by Gasteiger charge is 2.25. The van der Waals surface area contributed by atoms with Gasteiger partial charge in [-0.25, -0.2) is 4.79 Å². The molecule has 0 saturated carbocycles. The first-order chi connectivity index (χ1) is 14.3. The molecule has 30 heavy (non-hydrogen) atoms. The van der Waals surface area contributed by atoms with E-state index in [-0.39, 0.29) is 23.0 Å². The van der Waals surface area contributed by atoms with E-state index in [0.29, 0.717) is 17.1 Å². The van der Waals surface area contributed by atoms with E-state index in [2.05, 4.69) is 10.6 Å². The molecule has 2 N–H and O–H groups in total. The highest BCUT2D eigenvalue weighted by Crippen LogP contribution is 2.40. The summed E-state index contributed by atoms with van der Waals surface area (Å²) in [5.41, 5.74) is 1.18. The number of carbonyl (C=O) groups is 3. The lowest BCUT2D eigenvalue weighted by Gasteiger charge is -2.17. The number of carbonyl (C=O) groups excluding carboxylic acids is 3. The Morgan fingerprint density at radius 3 is 1.87 bits per heavy atom. The zero-order chi connectivity index (χ0) is 22.3. The van der Waals surface area contributed by atoms with Crippen molar-refractivity contribution in [3.63, 3.8) is 0 Å². The van der Waals surface area contributed by atoms with Crippen molar-refractivity contribution in [3.05, 3.63) is 42.0 Å². The molecule has 2 aromatic carbocycles. The van der Waals surface area contributed by atoms with Crippen molar-refractivity contribution >= 4 is 29.2 Å². The van der Waals surface area contributed by atoms with Crippen molar-refractivity contribution in [2.24, 2.45) is 0 Å². The van der Waals surface area contributed by atoms with Crippen LogP contribution in [-0.2, 0) is 14.3 Å². The molecule has 1 atom stereocenters. The van der Waals surface area contributed by atoms with Crippen LogP contribution in [0.2, 0.25) is 0 Å². The molecule has 9 nitrogen and oxygen atoms in total. The summed E-state index contributed by atoms with van der Waals surface area (Å²) in [5, 5.41) is 5.27. The zero-order valence-electron chi connectivity index (χ0n) is 17.4. The normalized spacial score (nSPS) is 11.1. The number of anilines is 2. The summed E-state index contributed by atoms with van der Waals surface area (Å²) in [6.07, 6.45) is -1.08. The summed E-state index contributed by atoms with van der Waals surface area (Å²) < 4.78 is 21.0. The fraction of sp³-hybridized carbons (Fsp3) is 0.286. The lowest BCUT2D eigenvalue weighted by molar-refractivity contribution is -0.123. The minimum Gasteiger partial charge on any atom is -0.493 e. The molecule has 0 spiro atoms. The third kappa shape index (κ3) is 5.40. The van der Waals surface area contributed by atoms with Crippen molar-refractivity contribution in [3.8, 4) is 17.2 Å². The third-order valence-corrected chi connectivity index (χ3v) is 4.05. The standard InChI is InChI=1S/C21H24N2O7/c1-12(20(25)23-15-8-6-14(7-9-15)22-13(2)24)30-21(26)16-10-11-17(27-3)19(29-5)18(16)28-4/h6-12H,1-5H3,(H,22,24)(H,23,25). The van der Waals surface area contributed by atoms with Crippen LogP contribution in [0.25, 0.3) is 0 Å². The first-order valence-electron chi connectivity index (χ1n) is 8.99. The first-order valence-corrected chi connectivity index (χ1v) is 8.99. The van der Waals surface area contributed by atoms with Crippen molar-refractivity contribution < 1.29 is 33.3 Å². The second kappa shape index (κ2) is 10.1. The monoisotopic (exact) mass is 416 g/mol. The summed E-state index contributed by atoms with van der Waals surface area (Å²) in [7, 11) is 4.27. The van der Waals surface area contributed by atoms with Gasteiger partial charge in [-0.3, -0.25) is 9.59 Å². The smallest absolute Gasteiger partial charge is 0.342 e. The van der Waals surface area contributed by atoms with E-state index in [0.717, 1.165) is 0 Å². The predicted molar refractivity (Wildman–Crippen MR) is 110 cm³/mol. The minimum absolute atomic E-state index is 0.0921. The molecule has 2 rings (SSSR count). The molecule has 2 aromatic rings. The lowest BCUT2D eigenvalue weighted by Crippen LogP contribution is -2.30. The largest absolute Gasteiger partial charge is 0.493 e. The Bertz CT molecular complexity index is 926. The first kappa shape index (κ1) is 22.5. The summed E-state index contributed by atoms with van der Waals surface area (Å²) in [6.45, 7) is 2.85. The number of rotatable bonds is 8. The number of benzene rings is 2. The third-order valence-electron chi connectivity index (χ3n) is 4.05. The number of methoxy groups -OCH3 is 3. The number of nitrogens with one attached hydrogen (secondary N) is 2. The molecular weight excluding hydrogens is 392 g/mol. The van der Waals surface area contributed by atoms with E-state index in [1.807, 2.05) is 0 Å². The molecule has 9 heteroatoms. The average molecular weight is 416 g/mol. The molecule has 0 fully saturated rings. The molecule has 0 saturated heterocycles. The molecule has 0 aliphatic heterocycles. The van der Waals surface area contributed by atoms with Crippen LogP contribution in [0.4, 0.5) is 11.4 Å². The van der Waals surface area contributed by atoms with E-state index in [1.54, 1.807) is 30.3 Å². The summed E-state index contributed by atoms with van der Waals surface area (Å²) >= 11 is 0. The van der Waals surface area contributed by atoms with Crippen molar-refractivity contribution in [2.45, 2.75) is 20.0 Å². The zero-order valence-corrected chi connectivity index (χ0v) is 17.4. The molecule has 0 aliphatic carbocycles. The summed E-state index contributed by atoms with van der Waals surface area (Å²) in [6, 6.07) is 9.53. The molecule has 0 radical (unpaired) electrons. The number of ether oxygens (including phenoxy) is 4. The van der Waals surface area contributed by atoms with Crippen LogP contribution in [0.5, 0.6) is 17.2 Å². The van der Waals surface area contributed by atoms with Crippen molar-refractivity contribution in [1.29, 1.82) is 0 Å². The second-order valence-corrected chi connectivity index (χ2v) is 6.18. The van der Waals surface area contributed by atoms with Gasteiger partial charge in [0.05, 0.1) is 21.3 Å². The van der Waals surface area contributed by atoms with Gasteiger partial charge in [0.15, 0.2) is 17.6 Å². The van der Waals surface area contributed by atoms with Gasteiger partial charge in [0.2, 0.25) is 11.7 Å². The van der Waals surface area contributed by atoms with Crippen LogP contribution in [-0.4, -0.2) is 45.2 Å². The molecule has 160 valence electrons. The topological polar surface area (TPSA) is 112 Å². The van der Waals surface area contributed by atoms with Gasteiger partial charge in [0.1, 0.15) is 5.56 Å². The van der Waals surface area contributed by atoms with Crippen LogP contribution >= 0.6 is 0 Å². The molecule has 0 aromatic heterocycles. The highest BCUT2D eigenvalue weighted by atomic mass is 16.6. The fourth-order valence-electron chi connectivity index (χ4n) is 2.62. The Hall–Kier alpha value is -3.75. The van der Waals surface area contributed by atoms with E-state index < -0.39 is 18.0 Å². The maximum Gasteiger partial charge on any atom is 0.342 e. The molecule has 0 aliphatic rings. The Kier molecular flexibility index (Phi) is 7.62. The van der Waals surface area contributed by atoms with E-state index >= 15 is 0 Å². The molecular formula is C21H24N2O7. The van der Waals surface area contributed by atoms with Gasteiger partial charge in [-0.2, -0.15) is 0 Å². The Morgan fingerprint density at radius 1 is 0.800 bits per heavy atom. The van der Waals surface area contributed by atoms with Gasteiger partial charge in [-0.1, -0.05) is 0 Å². The predicted octanol–water partition coefficient (Wildman–Crippen LogP) is 2.85. The van der Waals surface area contributed by atoms with Gasteiger partial charge in [0.25, 0.3) is 5.91 Å². The van der Waals surface area contributed by atoms with E-state index in [1.165, 1.54) is 41.2 Å². The highest BCUT2D eigenvalue weighted by molar-refractivity contribution is 5.99. The number of esters is 1. The van der Waals surface area contributed by atoms with E-state index in [9.17, 15) is 14.4 Å². The van der Waals surface area contributed by atoms with Crippen molar-refractivity contribution in [1.82, 2.24) is 0 Å². The minimum atomic E-state index is -1.08. The maximum absolute atomic E-state index is 12.6. The van der Waals surface area contributed by atoms with Crippen LogP contribution in [0.3, 0.4) is 0 Å². The lowest BCUT2D eigenvalue weighted by atomic mass is 10.1. The summed E-state index contributed by atoms with van der Waals surface area (Å²) in [5.74, 6) is -0.697. The van der Waals surface area contributed by atoms with Crippen LogP contribution in [0.15, 0.2) is 36.4 Å². The Labute approximate surface area is 174 Å². The van der Waals surface area contributed by atoms with Crippen molar-refractivity contribution in [2.75, 3.05) is 32.0 Å². The number of amides is 2. The van der Waals surface area contributed by atoms with Gasteiger partial charge < -0.3 is 29.6 Å². The fourth-order valence-corrected chi connectivity index (χ4v) is 2.62. The maximum atomic E-state index is 12.6. The van der Waals surface area contributed by atoms with Crippen LogP contribution in [0, 0.1) is 0 Å². The van der Waals surface area contributed by atoms with Gasteiger partial charge in [-0.05, 0) is 43.3 Å². The summed E-state index contributed by atoms with van der Waals surface area (Å²) in [4.78, 5) is 36.0. The van der Waals surface area contributed by atoms with Crippen LogP contribution < -0.4 is 24.8 Å². The molecule has 0 bridgehead atoms. The average Bonchev–Trinajstić information content (AvgIpc) is 2.73. The SMILES string of the molecule is COc1ccc(C(=O)OC(C)C(=O)Nc2ccc(NC(C)=O)cc2)c(OC)c1OC. The molecule has 2 amide bonds. The second-order valence-electron chi connectivity index (χ2n) is 6.18. The quantitative estimate of drug-likeness (QED) is 0.636. The Balaban J connectivity index is 2.08. The number of hydrogen-bond donors (Lipinski definition) is 2. The molecule has 0 heterocycles. The van der Waals surface area contributed by atoms with Crippen LogP contribution in [0.1, 0.15) is 24.2 Å². The molecule has 1 unspecified atom stereocenters. The van der Waals surface area contributed by atoms with Gasteiger partial charge in [-0.15, -0.1) is 0 Å². The number of hydrogen-bond acceptors (Lipinski definition) is 7. The Morgan fingerprint density at radius 2 is 1.37 bits per heavy atom.